The van der Waals surface area contributed by atoms with E-state index in [0.717, 1.165) is 38.5 Å². The molecule has 0 saturated carbocycles. The normalized spacial score (nSPS) is 18.6. The van der Waals surface area contributed by atoms with E-state index in [0.29, 0.717) is 6.10 Å². The summed E-state index contributed by atoms with van der Waals surface area (Å²) >= 11 is 0. The Labute approximate surface area is 122 Å². The molecule has 20 heavy (non-hydrogen) atoms. The van der Waals surface area contributed by atoms with Gasteiger partial charge in [0.15, 0.2) is 0 Å². The molecule has 0 spiro atoms. The largest absolute Gasteiger partial charge is 0.497 e. The van der Waals surface area contributed by atoms with Gasteiger partial charge in [-0.3, -0.25) is 0 Å². The number of rotatable bonds is 8. The van der Waals surface area contributed by atoms with Crippen molar-refractivity contribution < 1.29 is 9.47 Å². The van der Waals surface area contributed by atoms with Gasteiger partial charge in [-0.25, -0.2) is 0 Å². The lowest BCUT2D eigenvalue weighted by Gasteiger charge is -2.18. The molecule has 1 fully saturated rings. The molecule has 0 radical (unpaired) electrons. The molecule has 0 aliphatic carbocycles. The minimum Gasteiger partial charge on any atom is -0.497 e. The standard InChI is InChI=1S/C16H26N2O2/c1-18(9-8-17-12-16-7-4-10-20-16)13-14-5-3-6-15(11-14)19-2/h3,5-6,11,16-17H,4,7-10,12-13H2,1-2H3. The van der Waals surface area contributed by atoms with Gasteiger partial charge in [-0.2, -0.15) is 0 Å². The van der Waals surface area contributed by atoms with E-state index in [9.17, 15) is 0 Å². The quantitative estimate of drug-likeness (QED) is 0.736. The minimum atomic E-state index is 0.429. The third-order valence-electron chi connectivity index (χ3n) is 3.65. The van der Waals surface area contributed by atoms with E-state index in [1.54, 1.807) is 7.11 Å². The van der Waals surface area contributed by atoms with Crippen LogP contribution in [0.5, 0.6) is 5.75 Å². The Morgan fingerprint density at radius 3 is 3.10 bits per heavy atom. The second-order valence-corrected chi connectivity index (χ2v) is 5.43. The predicted octanol–water partition coefficient (Wildman–Crippen LogP) is 1.90. The minimum absolute atomic E-state index is 0.429. The third kappa shape index (κ3) is 5.12. The molecule has 4 heteroatoms. The van der Waals surface area contributed by atoms with Gasteiger partial charge in [-0.05, 0) is 37.6 Å². The first kappa shape index (κ1) is 15.3. The first-order valence-electron chi connectivity index (χ1n) is 7.41. The van der Waals surface area contributed by atoms with E-state index in [1.165, 1.54) is 18.4 Å². The zero-order valence-electron chi connectivity index (χ0n) is 12.6. The second-order valence-electron chi connectivity index (χ2n) is 5.43. The Morgan fingerprint density at radius 1 is 1.45 bits per heavy atom. The lowest BCUT2D eigenvalue weighted by atomic mass is 10.2. The van der Waals surface area contributed by atoms with Crippen molar-refractivity contribution in [2.45, 2.75) is 25.5 Å². The molecule has 1 unspecified atom stereocenters. The molecule has 1 aromatic rings. The number of nitrogens with zero attached hydrogens (tertiary/aromatic N) is 1. The van der Waals surface area contributed by atoms with Gasteiger partial charge in [0, 0.05) is 32.8 Å². The molecule has 1 aromatic carbocycles. The SMILES string of the molecule is COc1cccc(CN(C)CCNCC2CCCO2)c1. The van der Waals surface area contributed by atoms with Crippen molar-refractivity contribution in [1.29, 1.82) is 0 Å². The molecule has 0 amide bonds. The van der Waals surface area contributed by atoms with Crippen LogP contribution in [0.2, 0.25) is 0 Å². The third-order valence-corrected chi connectivity index (χ3v) is 3.65. The van der Waals surface area contributed by atoms with Gasteiger partial charge >= 0.3 is 0 Å². The lowest BCUT2D eigenvalue weighted by molar-refractivity contribution is 0.109. The second kappa shape index (κ2) is 8.25. The number of hydrogen-bond acceptors (Lipinski definition) is 4. The van der Waals surface area contributed by atoms with Crippen LogP contribution < -0.4 is 10.1 Å². The molecule has 0 aromatic heterocycles. The lowest BCUT2D eigenvalue weighted by Crippen LogP contribution is -2.33. The van der Waals surface area contributed by atoms with E-state index < -0.39 is 0 Å². The average Bonchev–Trinajstić information content (AvgIpc) is 2.97. The highest BCUT2D eigenvalue weighted by Crippen LogP contribution is 2.13. The maximum Gasteiger partial charge on any atom is 0.119 e. The number of nitrogens with one attached hydrogen (secondary N) is 1. The highest BCUT2D eigenvalue weighted by atomic mass is 16.5. The summed E-state index contributed by atoms with van der Waals surface area (Å²) in [5, 5.41) is 3.48. The van der Waals surface area contributed by atoms with Crippen LogP contribution in [0, 0.1) is 0 Å². The molecule has 1 aliphatic heterocycles. The summed E-state index contributed by atoms with van der Waals surface area (Å²) in [6.07, 6.45) is 2.84. The van der Waals surface area contributed by atoms with E-state index in [2.05, 4.69) is 29.4 Å². The maximum atomic E-state index is 5.59. The Kier molecular flexibility index (Phi) is 6.30. The number of benzene rings is 1. The summed E-state index contributed by atoms with van der Waals surface area (Å²) in [6.45, 7) is 4.89. The summed E-state index contributed by atoms with van der Waals surface area (Å²) in [6, 6.07) is 8.25. The van der Waals surface area contributed by atoms with E-state index in [1.807, 2.05) is 12.1 Å². The van der Waals surface area contributed by atoms with Crippen LogP contribution in [0.15, 0.2) is 24.3 Å². The zero-order chi connectivity index (χ0) is 14.2. The monoisotopic (exact) mass is 278 g/mol. The summed E-state index contributed by atoms with van der Waals surface area (Å²) in [5.74, 6) is 0.924. The molecule has 1 aliphatic rings. The Hall–Kier alpha value is -1.10. The Morgan fingerprint density at radius 2 is 2.35 bits per heavy atom. The van der Waals surface area contributed by atoms with Crippen molar-refractivity contribution in [2.24, 2.45) is 0 Å². The van der Waals surface area contributed by atoms with Crippen LogP contribution in [0.25, 0.3) is 0 Å². The fourth-order valence-corrected chi connectivity index (χ4v) is 2.50. The number of ether oxygens (including phenoxy) is 2. The molecule has 1 saturated heterocycles. The summed E-state index contributed by atoms with van der Waals surface area (Å²) < 4.78 is 10.8. The molecule has 4 nitrogen and oxygen atoms in total. The molecule has 1 atom stereocenters. The summed E-state index contributed by atoms with van der Waals surface area (Å²) in [7, 11) is 3.85. The highest BCUT2D eigenvalue weighted by molar-refractivity contribution is 5.28. The zero-order valence-corrected chi connectivity index (χ0v) is 12.6. The van der Waals surface area contributed by atoms with Crippen LogP contribution in [-0.4, -0.2) is 51.4 Å². The van der Waals surface area contributed by atoms with E-state index >= 15 is 0 Å². The molecular weight excluding hydrogens is 252 g/mol. The van der Waals surface area contributed by atoms with Gasteiger partial charge < -0.3 is 19.7 Å². The molecule has 112 valence electrons. The highest BCUT2D eigenvalue weighted by Gasteiger charge is 2.14. The fraction of sp³-hybridized carbons (Fsp3) is 0.625. The van der Waals surface area contributed by atoms with Gasteiger partial charge in [-0.1, -0.05) is 12.1 Å². The van der Waals surface area contributed by atoms with Crippen LogP contribution in [-0.2, 0) is 11.3 Å². The van der Waals surface area contributed by atoms with E-state index in [4.69, 9.17) is 9.47 Å². The van der Waals surface area contributed by atoms with Crippen LogP contribution >= 0.6 is 0 Å². The smallest absolute Gasteiger partial charge is 0.119 e. The number of methoxy groups -OCH3 is 1. The van der Waals surface area contributed by atoms with Crippen molar-refractivity contribution in [2.75, 3.05) is 40.4 Å². The van der Waals surface area contributed by atoms with Crippen LogP contribution in [0.4, 0.5) is 0 Å². The van der Waals surface area contributed by atoms with Gasteiger partial charge in [0.2, 0.25) is 0 Å². The number of likely N-dealkylation sites (N-methyl/N-ethyl adjacent to an activating group) is 1. The number of hydrogen-bond donors (Lipinski definition) is 1. The van der Waals surface area contributed by atoms with Crippen molar-refractivity contribution >= 4 is 0 Å². The van der Waals surface area contributed by atoms with Crippen molar-refractivity contribution in [1.82, 2.24) is 10.2 Å². The first-order valence-corrected chi connectivity index (χ1v) is 7.41. The van der Waals surface area contributed by atoms with Crippen molar-refractivity contribution in [3.63, 3.8) is 0 Å². The topological polar surface area (TPSA) is 33.7 Å². The van der Waals surface area contributed by atoms with Gasteiger partial charge in [0.05, 0.1) is 13.2 Å². The average molecular weight is 278 g/mol. The first-order chi connectivity index (χ1) is 9.78. The fourth-order valence-electron chi connectivity index (χ4n) is 2.50. The Balaban J connectivity index is 1.62. The molecular formula is C16H26N2O2. The van der Waals surface area contributed by atoms with Crippen LogP contribution in [0.1, 0.15) is 18.4 Å². The van der Waals surface area contributed by atoms with Crippen molar-refractivity contribution in [3.8, 4) is 5.75 Å². The summed E-state index contributed by atoms with van der Waals surface area (Å²) in [5.41, 5.74) is 1.28. The summed E-state index contributed by atoms with van der Waals surface area (Å²) in [4.78, 5) is 2.32. The van der Waals surface area contributed by atoms with Gasteiger partial charge in [0.1, 0.15) is 5.75 Å². The van der Waals surface area contributed by atoms with Crippen LogP contribution in [0.3, 0.4) is 0 Å². The molecule has 1 heterocycles. The van der Waals surface area contributed by atoms with Gasteiger partial charge in [-0.15, -0.1) is 0 Å². The molecule has 2 rings (SSSR count). The van der Waals surface area contributed by atoms with Crippen molar-refractivity contribution in [3.05, 3.63) is 29.8 Å². The van der Waals surface area contributed by atoms with Gasteiger partial charge in [0.25, 0.3) is 0 Å². The van der Waals surface area contributed by atoms with E-state index in [-0.39, 0.29) is 0 Å². The maximum absolute atomic E-state index is 5.59. The Bertz CT molecular complexity index is 392. The molecule has 0 bridgehead atoms. The predicted molar refractivity (Wildman–Crippen MR) is 81.2 cm³/mol. The molecule has 1 N–H and O–H groups in total.